The molecular formula is C11H16ClN3S. The first-order valence-electron chi connectivity index (χ1n) is 5.56. The van der Waals surface area contributed by atoms with Gasteiger partial charge in [0.15, 0.2) is 4.96 Å². The van der Waals surface area contributed by atoms with Crippen LogP contribution in [0.15, 0.2) is 17.8 Å². The maximum atomic E-state index is 4.55. The van der Waals surface area contributed by atoms with E-state index < -0.39 is 0 Å². The van der Waals surface area contributed by atoms with Crippen LogP contribution >= 0.6 is 23.7 Å². The number of hydrogen-bond donors (Lipinski definition) is 1. The highest BCUT2D eigenvalue weighted by molar-refractivity contribution is 7.15. The van der Waals surface area contributed by atoms with E-state index in [0.29, 0.717) is 0 Å². The molecule has 2 aromatic heterocycles. The van der Waals surface area contributed by atoms with Crippen molar-refractivity contribution in [3.8, 4) is 0 Å². The van der Waals surface area contributed by atoms with Gasteiger partial charge in [-0.05, 0) is 12.8 Å². The van der Waals surface area contributed by atoms with E-state index in [9.17, 15) is 0 Å². The Hall–Kier alpha value is -0.580. The predicted octanol–water partition coefficient (Wildman–Crippen LogP) is 2.85. The Morgan fingerprint density at radius 1 is 1.44 bits per heavy atom. The Morgan fingerprint density at radius 2 is 2.25 bits per heavy atom. The van der Waals surface area contributed by atoms with E-state index >= 15 is 0 Å². The molecule has 1 fully saturated rings. The van der Waals surface area contributed by atoms with Crippen molar-refractivity contribution in [1.82, 2.24) is 14.7 Å². The van der Waals surface area contributed by atoms with Gasteiger partial charge >= 0.3 is 0 Å². The molecule has 5 heteroatoms. The summed E-state index contributed by atoms with van der Waals surface area (Å²) in [5.74, 6) is 0. The molecular weight excluding hydrogens is 242 g/mol. The van der Waals surface area contributed by atoms with E-state index in [0.717, 1.165) is 23.2 Å². The first-order valence-corrected chi connectivity index (χ1v) is 6.44. The topological polar surface area (TPSA) is 29.3 Å². The number of aromatic nitrogens is 2. The molecule has 0 aliphatic heterocycles. The molecule has 3 nitrogen and oxygen atoms in total. The molecule has 3 rings (SSSR count). The van der Waals surface area contributed by atoms with Gasteiger partial charge in [0, 0.05) is 30.4 Å². The number of rotatable bonds is 3. The third kappa shape index (κ3) is 2.39. The van der Waals surface area contributed by atoms with Crippen molar-refractivity contribution in [2.45, 2.75) is 38.3 Å². The van der Waals surface area contributed by atoms with Crippen LogP contribution in [0.1, 0.15) is 31.4 Å². The van der Waals surface area contributed by atoms with Crippen LogP contribution in [0.2, 0.25) is 0 Å². The van der Waals surface area contributed by atoms with Crippen molar-refractivity contribution in [2.75, 3.05) is 0 Å². The van der Waals surface area contributed by atoms with Crippen molar-refractivity contribution >= 4 is 28.7 Å². The standard InChI is InChI=1S/C11H15N3S.ClH/c1-2-4-9(3-1)12-7-10-8-14-5-6-15-11(14)13-10;/h5-6,8-9,12H,1-4,7H2;1H. The summed E-state index contributed by atoms with van der Waals surface area (Å²) < 4.78 is 2.09. The fourth-order valence-electron chi connectivity index (χ4n) is 2.24. The second kappa shape index (κ2) is 5.17. The van der Waals surface area contributed by atoms with Gasteiger partial charge in [0.05, 0.1) is 5.69 Å². The number of hydrogen-bond acceptors (Lipinski definition) is 3. The van der Waals surface area contributed by atoms with E-state index in [-0.39, 0.29) is 12.4 Å². The molecule has 88 valence electrons. The number of nitrogens with one attached hydrogen (secondary N) is 1. The van der Waals surface area contributed by atoms with Gasteiger partial charge in [0.1, 0.15) is 0 Å². The smallest absolute Gasteiger partial charge is 0.193 e. The lowest BCUT2D eigenvalue weighted by atomic mass is 10.2. The third-order valence-electron chi connectivity index (χ3n) is 3.07. The molecule has 0 aromatic carbocycles. The Balaban J connectivity index is 0.000000963. The van der Waals surface area contributed by atoms with Gasteiger partial charge in [0.2, 0.25) is 0 Å². The van der Waals surface area contributed by atoms with E-state index in [1.807, 2.05) is 0 Å². The highest BCUT2D eigenvalue weighted by Gasteiger charge is 2.14. The van der Waals surface area contributed by atoms with Crippen LogP contribution in [0.5, 0.6) is 0 Å². The van der Waals surface area contributed by atoms with Gasteiger partial charge in [-0.1, -0.05) is 12.8 Å². The number of thiazole rings is 1. The van der Waals surface area contributed by atoms with Crippen LogP contribution < -0.4 is 5.32 Å². The molecule has 0 atom stereocenters. The van der Waals surface area contributed by atoms with Gasteiger partial charge in [-0.15, -0.1) is 23.7 Å². The van der Waals surface area contributed by atoms with E-state index in [1.54, 1.807) is 11.3 Å². The van der Waals surface area contributed by atoms with Gasteiger partial charge in [-0.3, -0.25) is 4.40 Å². The van der Waals surface area contributed by atoms with E-state index in [4.69, 9.17) is 0 Å². The molecule has 2 heterocycles. The van der Waals surface area contributed by atoms with Crippen molar-refractivity contribution in [1.29, 1.82) is 0 Å². The summed E-state index contributed by atoms with van der Waals surface area (Å²) in [4.78, 5) is 5.65. The molecule has 0 radical (unpaired) electrons. The van der Waals surface area contributed by atoms with Crippen LogP contribution in [0.4, 0.5) is 0 Å². The van der Waals surface area contributed by atoms with E-state index in [1.165, 1.54) is 25.7 Å². The molecule has 0 unspecified atom stereocenters. The Kier molecular flexibility index (Phi) is 3.84. The van der Waals surface area contributed by atoms with Crippen LogP contribution in [0.3, 0.4) is 0 Å². The maximum Gasteiger partial charge on any atom is 0.193 e. The second-order valence-electron chi connectivity index (χ2n) is 4.19. The van der Waals surface area contributed by atoms with Crippen molar-refractivity contribution < 1.29 is 0 Å². The third-order valence-corrected chi connectivity index (χ3v) is 3.84. The first-order chi connectivity index (χ1) is 7.42. The SMILES string of the molecule is Cl.c1cn2cc(CNC3CCCC3)nc2s1. The number of nitrogens with zero attached hydrogens (tertiary/aromatic N) is 2. The summed E-state index contributed by atoms with van der Waals surface area (Å²) in [6.07, 6.45) is 9.62. The number of fused-ring (bicyclic) bond motifs is 1. The summed E-state index contributed by atoms with van der Waals surface area (Å²) in [7, 11) is 0. The first kappa shape index (κ1) is 11.9. The van der Waals surface area contributed by atoms with Crippen molar-refractivity contribution in [2.24, 2.45) is 0 Å². The van der Waals surface area contributed by atoms with Gasteiger partial charge in [-0.25, -0.2) is 4.98 Å². The molecule has 1 N–H and O–H groups in total. The van der Waals surface area contributed by atoms with Crippen LogP contribution in [0, 0.1) is 0 Å². The fourth-order valence-corrected chi connectivity index (χ4v) is 2.96. The van der Waals surface area contributed by atoms with Gasteiger partial charge in [-0.2, -0.15) is 0 Å². The number of halogens is 1. The van der Waals surface area contributed by atoms with E-state index in [2.05, 4.69) is 32.5 Å². The van der Waals surface area contributed by atoms with Crippen LogP contribution in [-0.4, -0.2) is 15.4 Å². The van der Waals surface area contributed by atoms with Gasteiger partial charge < -0.3 is 5.32 Å². The maximum absolute atomic E-state index is 4.55. The van der Waals surface area contributed by atoms with Crippen molar-refractivity contribution in [3.05, 3.63) is 23.5 Å². The molecule has 0 spiro atoms. The largest absolute Gasteiger partial charge is 0.308 e. The highest BCUT2D eigenvalue weighted by atomic mass is 35.5. The second-order valence-corrected chi connectivity index (χ2v) is 5.06. The number of imidazole rings is 1. The summed E-state index contributed by atoms with van der Waals surface area (Å²) in [6, 6.07) is 0.727. The molecule has 1 aliphatic carbocycles. The minimum atomic E-state index is 0. The lowest BCUT2D eigenvalue weighted by Gasteiger charge is -2.09. The predicted molar refractivity (Wildman–Crippen MR) is 69.4 cm³/mol. The minimum absolute atomic E-state index is 0. The Bertz CT molecular complexity index is 416. The molecule has 1 aliphatic rings. The summed E-state index contributed by atoms with van der Waals surface area (Å²) in [6.45, 7) is 0.916. The zero-order chi connectivity index (χ0) is 10.1. The molecule has 16 heavy (non-hydrogen) atoms. The zero-order valence-corrected chi connectivity index (χ0v) is 10.7. The normalized spacial score (nSPS) is 16.8. The summed E-state index contributed by atoms with van der Waals surface area (Å²) in [5.41, 5.74) is 1.16. The van der Waals surface area contributed by atoms with Crippen LogP contribution in [-0.2, 0) is 6.54 Å². The van der Waals surface area contributed by atoms with Gasteiger partial charge in [0.25, 0.3) is 0 Å². The zero-order valence-electron chi connectivity index (χ0n) is 9.06. The van der Waals surface area contributed by atoms with Crippen LogP contribution in [0.25, 0.3) is 4.96 Å². The summed E-state index contributed by atoms with van der Waals surface area (Å²) in [5, 5.41) is 5.64. The van der Waals surface area contributed by atoms with Crippen molar-refractivity contribution in [3.63, 3.8) is 0 Å². The highest BCUT2D eigenvalue weighted by Crippen LogP contribution is 2.18. The average Bonchev–Trinajstić information content (AvgIpc) is 2.91. The molecule has 0 amide bonds. The average molecular weight is 258 g/mol. The monoisotopic (exact) mass is 257 g/mol. The lowest BCUT2D eigenvalue weighted by Crippen LogP contribution is -2.25. The molecule has 1 saturated carbocycles. The molecule has 2 aromatic rings. The lowest BCUT2D eigenvalue weighted by molar-refractivity contribution is 0.520. The quantitative estimate of drug-likeness (QED) is 0.916. The fraction of sp³-hybridized carbons (Fsp3) is 0.545. The molecule has 0 bridgehead atoms. The summed E-state index contributed by atoms with van der Waals surface area (Å²) >= 11 is 1.69. The Morgan fingerprint density at radius 3 is 3.00 bits per heavy atom. The Labute approximate surface area is 105 Å². The molecule has 0 saturated heterocycles. The minimum Gasteiger partial charge on any atom is -0.308 e.